The van der Waals surface area contributed by atoms with Crippen LogP contribution >= 0.6 is 0 Å². The SMILES string of the molecule is Nc1cccc(C(=O)NC2(CO)CCC2)c1. The van der Waals surface area contributed by atoms with Crippen LogP contribution in [0.2, 0.25) is 0 Å². The van der Waals surface area contributed by atoms with Crippen molar-refractivity contribution in [1.82, 2.24) is 5.32 Å². The van der Waals surface area contributed by atoms with Gasteiger partial charge in [-0.3, -0.25) is 4.79 Å². The molecule has 0 aliphatic heterocycles. The Morgan fingerprint density at radius 1 is 1.50 bits per heavy atom. The minimum absolute atomic E-state index is 0.00105. The third kappa shape index (κ3) is 2.02. The zero-order valence-electron chi connectivity index (χ0n) is 9.07. The van der Waals surface area contributed by atoms with E-state index >= 15 is 0 Å². The topological polar surface area (TPSA) is 75.4 Å². The average Bonchev–Trinajstić information content (AvgIpc) is 2.23. The van der Waals surface area contributed by atoms with Crippen molar-refractivity contribution in [3.05, 3.63) is 29.8 Å². The number of rotatable bonds is 3. The van der Waals surface area contributed by atoms with Crippen LogP contribution in [-0.2, 0) is 0 Å². The van der Waals surface area contributed by atoms with E-state index in [2.05, 4.69) is 5.32 Å². The number of benzene rings is 1. The lowest BCUT2D eigenvalue weighted by atomic mass is 9.77. The summed E-state index contributed by atoms with van der Waals surface area (Å²) >= 11 is 0. The van der Waals surface area contributed by atoms with Crippen LogP contribution in [0, 0.1) is 0 Å². The lowest BCUT2D eigenvalue weighted by Gasteiger charge is -2.40. The molecule has 0 spiro atoms. The number of aliphatic hydroxyl groups is 1. The van der Waals surface area contributed by atoms with E-state index in [4.69, 9.17) is 5.73 Å². The Morgan fingerprint density at radius 3 is 2.75 bits per heavy atom. The number of hydrogen-bond donors (Lipinski definition) is 3. The second-order valence-electron chi connectivity index (χ2n) is 4.37. The molecule has 16 heavy (non-hydrogen) atoms. The highest BCUT2D eigenvalue weighted by Gasteiger charge is 2.37. The zero-order chi connectivity index (χ0) is 11.6. The maximum atomic E-state index is 11.9. The van der Waals surface area contributed by atoms with E-state index < -0.39 is 5.54 Å². The summed E-state index contributed by atoms with van der Waals surface area (Å²) in [6.45, 7) is 0.00105. The summed E-state index contributed by atoms with van der Waals surface area (Å²) in [4.78, 5) is 11.9. The first-order valence-corrected chi connectivity index (χ1v) is 5.44. The van der Waals surface area contributed by atoms with Crippen molar-refractivity contribution in [3.63, 3.8) is 0 Å². The van der Waals surface area contributed by atoms with Crippen LogP contribution in [0.15, 0.2) is 24.3 Å². The highest BCUT2D eigenvalue weighted by Crippen LogP contribution is 2.31. The van der Waals surface area contributed by atoms with Crippen LogP contribution in [0.1, 0.15) is 29.6 Å². The Kier molecular flexibility index (Phi) is 2.83. The summed E-state index contributed by atoms with van der Waals surface area (Å²) in [6, 6.07) is 6.84. The number of carbonyl (C=O) groups excluding carboxylic acids is 1. The first-order chi connectivity index (χ1) is 7.65. The minimum Gasteiger partial charge on any atom is -0.399 e. The van der Waals surface area contributed by atoms with Gasteiger partial charge >= 0.3 is 0 Å². The fourth-order valence-electron chi connectivity index (χ4n) is 1.92. The molecule has 1 aromatic carbocycles. The van der Waals surface area contributed by atoms with Crippen molar-refractivity contribution in [2.24, 2.45) is 0 Å². The molecule has 1 amide bonds. The van der Waals surface area contributed by atoms with Crippen molar-refractivity contribution in [3.8, 4) is 0 Å². The van der Waals surface area contributed by atoms with Crippen LogP contribution in [0.3, 0.4) is 0 Å². The number of aliphatic hydroxyl groups excluding tert-OH is 1. The van der Waals surface area contributed by atoms with Gasteiger partial charge < -0.3 is 16.2 Å². The number of anilines is 1. The predicted molar refractivity (Wildman–Crippen MR) is 62.0 cm³/mol. The Morgan fingerprint density at radius 2 is 2.25 bits per heavy atom. The molecule has 1 saturated carbocycles. The third-order valence-corrected chi connectivity index (χ3v) is 3.14. The van der Waals surface area contributed by atoms with Crippen molar-refractivity contribution >= 4 is 11.6 Å². The summed E-state index contributed by atoms with van der Waals surface area (Å²) in [5.41, 5.74) is 6.32. The third-order valence-electron chi connectivity index (χ3n) is 3.14. The molecule has 4 N–H and O–H groups in total. The normalized spacial score (nSPS) is 17.6. The fraction of sp³-hybridized carbons (Fsp3) is 0.417. The molecule has 1 fully saturated rings. The monoisotopic (exact) mass is 220 g/mol. The lowest BCUT2D eigenvalue weighted by Crippen LogP contribution is -2.56. The van der Waals surface area contributed by atoms with Gasteiger partial charge in [0.05, 0.1) is 12.1 Å². The van der Waals surface area contributed by atoms with E-state index in [1.807, 2.05) is 0 Å². The van der Waals surface area contributed by atoms with Gasteiger partial charge in [0.15, 0.2) is 0 Å². The number of amides is 1. The van der Waals surface area contributed by atoms with E-state index in [0.29, 0.717) is 11.3 Å². The molecule has 0 aromatic heterocycles. The van der Waals surface area contributed by atoms with Crippen molar-refractivity contribution in [2.45, 2.75) is 24.8 Å². The number of nitrogen functional groups attached to an aromatic ring is 1. The van der Waals surface area contributed by atoms with E-state index in [9.17, 15) is 9.90 Å². The first kappa shape index (κ1) is 11.0. The van der Waals surface area contributed by atoms with E-state index in [1.165, 1.54) is 0 Å². The van der Waals surface area contributed by atoms with Crippen LogP contribution in [0.4, 0.5) is 5.69 Å². The van der Waals surface area contributed by atoms with E-state index in [-0.39, 0.29) is 12.5 Å². The van der Waals surface area contributed by atoms with Crippen molar-refractivity contribution in [2.75, 3.05) is 12.3 Å². The van der Waals surface area contributed by atoms with Crippen LogP contribution < -0.4 is 11.1 Å². The summed E-state index contributed by atoms with van der Waals surface area (Å²) in [6.07, 6.45) is 2.74. The highest BCUT2D eigenvalue weighted by atomic mass is 16.3. The minimum atomic E-state index is -0.401. The first-order valence-electron chi connectivity index (χ1n) is 5.44. The highest BCUT2D eigenvalue weighted by molar-refractivity contribution is 5.95. The molecule has 0 unspecified atom stereocenters. The van der Waals surface area contributed by atoms with Crippen LogP contribution in [0.25, 0.3) is 0 Å². The molecule has 0 saturated heterocycles. The number of hydrogen-bond acceptors (Lipinski definition) is 3. The maximum absolute atomic E-state index is 11.9. The van der Waals surface area contributed by atoms with Gasteiger partial charge in [0, 0.05) is 11.3 Å². The van der Waals surface area contributed by atoms with E-state index in [0.717, 1.165) is 19.3 Å². The van der Waals surface area contributed by atoms with Crippen molar-refractivity contribution < 1.29 is 9.90 Å². The van der Waals surface area contributed by atoms with Gasteiger partial charge in [0.25, 0.3) is 5.91 Å². The standard InChI is InChI=1S/C12H16N2O2/c13-10-4-1-3-9(7-10)11(16)14-12(8-15)5-2-6-12/h1,3-4,7,15H,2,5-6,8,13H2,(H,14,16). The van der Waals surface area contributed by atoms with Crippen LogP contribution in [0.5, 0.6) is 0 Å². The molecule has 1 aromatic rings. The Labute approximate surface area is 94.5 Å². The molecule has 0 heterocycles. The Balaban J connectivity index is 2.08. The molecular weight excluding hydrogens is 204 g/mol. The van der Waals surface area contributed by atoms with Gasteiger partial charge in [-0.15, -0.1) is 0 Å². The molecule has 0 atom stereocenters. The van der Waals surface area contributed by atoms with Gasteiger partial charge in [-0.05, 0) is 37.5 Å². The zero-order valence-corrected chi connectivity index (χ0v) is 9.07. The lowest BCUT2D eigenvalue weighted by molar-refractivity contribution is 0.0641. The molecule has 0 radical (unpaired) electrons. The molecule has 1 aliphatic rings. The molecule has 4 heteroatoms. The maximum Gasteiger partial charge on any atom is 0.251 e. The predicted octanol–water partition coefficient (Wildman–Crippen LogP) is 0.914. The van der Waals surface area contributed by atoms with Gasteiger partial charge in [0.1, 0.15) is 0 Å². The second kappa shape index (κ2) is 4.14. The van der Waals surface area contributed by atoms with Gasteiger partial charge in [-0.1, -0.05) is 6.07 Å². The van der Waals surface area contributed by atoms with Crippen LogP contribution in [-0.4, -0.2) is 23.2 Å². The Bertz CT molecular complexity index is 394. The smallest absolute Gasteiger partial charge is 0.251 e. The summed E-state index contributed by atoms with van der Waals surface area (Å²) in [5.74, 6) is -0.166. The largest absolute Gasteiger partial charge is 0.399 e. The number of nitrogens with one attached hydrogen (secondary N) is 1. The molecular formula is C12H16N2O2. The summed E-state index contributed by atoms with van der Waals surface area (Å²) < 4.78 is 0. The number of carbonyl (C=O) groups is 1. The quantitative estimate of drug-likeness (QED) is 0.663. The Hall–Kier alpha value is -1.55. The average molecular weight is 220 g/mol. The molecule has 2 rings (SSSR count). The summed E-state index contributed by atoms with van der Waals surface area (Å²) in [5, 5.41) is 12.1. The number of nitrogens with two attached hydrogens (primary N) is 1. The molecule has 1 aliphatic carbocycles. The molecule has 0 bridgehead atoms. The second-order valence-corrected chi connectivity index (χ2v) is 4.37. The van der Waals surface area contributed by atoms with Crippen molar-refractivity contribution in [1.29, 1.82) is 0 Å². The summed E-state index contributed by atoms with van der Waals surface area (Å²) in [7, 11) is 0. The van der Waals surface area contributed by atoms with Gasteiger partial charge in [-0.2, -0.15) is 0 Å². The fourth-order valence-corrected chi connectivity index (χ4v) is 1.92. The molecule has 4 nitrogen and oxygen atoms in total. The van der Waals surface area contributed by atoms with Gasteiger partial charge in [0.2, 0.25) is 0 Å². The van der Waals surface area contributed by atoms with E-state index in [1.54, 1.807) is 24.3 Å². The molecule has 86 valence electrons. The van der Waals surface area contributed by atoms with Gasteiger partial charge in [-0.25, -0.2) is 0 Å².